The average Bonchev–Trinajstić information content (AvgIpc) is 2.87. The molecule has 13 heteroatoms. The lowest BCUT2D eigenvalue weighted by Gasteiger charge is -2.17. The van der Waals surface area contributed by atoms with Crippen LogP contribution in [-0.4, -0.2) is 35.4 Å². The van der Waals surface area contributed by atoms with Crippen molar-refractivity contribution in [3.8, 4) is 11.6 Å². The van der Waals surface area contributed by atoms with Crippen molar-refractivity contribution in [3.63, 3.8) is 0 Å². The van der Waals surface area contributed by atoms with Crippen molar-refractivity contribution in [3.05, 3.63) is 98.2 Å². The van der Waals surface area contributed by atoms with E-state index in [1.807, 2.05) is 0 Å². The summed E-state index contributed by atoms with van der Waals surface area (Å²) in [5.41, 5.74) is -0.895. The third-order valence-electron chi connectivity index (χ3n) is 5.23. The molecular formula is C24H20ClFN6O5. The molecule has 2 aromatic carbocycles. The predicted octanol–water partition coefficient (Wildman–Crippen LogP) is 3.29. The molecule has 1 unspecified atom stereocenters. The summed E-state index contributed by atoms with van der Waals surface area (Å²) in [5, 5.41) is 19.9. The molecule has 2 aromatic heterocycles. The number of carbonyl (C=O) groups is 1. The highest BCUT2D eigenvalue weighted by atomic mass is 35.5. The van der Waals surface area contributed by atoms with Gasteiger partial charge in [0.1, 0.15) is 0 Å². The van der Waals surface area contributed by atoms with Crippen LogP contribution in [0.1, 0.15) is 12.5 Å². The van der Waals surface area contributed by atoms with E-state index in [0.717, 1.165) is 15.2 Å². The largest absolute Gasteiger partial charge is 0.481 e. The second kappa shape index (κ2) is 11.0. The molecule has 2 N–H and O–H groups in total. The molecule has 0 aliphatic rings. The van der Waals surface area contributed by atoms with Crippen molar-refractivity contribution in [1.29, 1.82) is 0 Å². The van der Waals surface area contributed by atoms with E-state index in [2.05, 4.69) is 20.5 Å². The van der Waals surface area contributed by atoms with Crippen molar-refractivity contribution in [1.82, 2.24) is 24.3 Å². The lowest BCUT2D eigenvalue weighted by Crippen LogP contribution is -2.44. The highest BCUT2D eigenvalue weighted by Gasteiger charge is 2.19. The number of nitrogens with one attached hydrogen (secondary N) is 1. The summed E-state index contributed by atoms with van der Waals surface area (Å²) in [6.07, 6.45) is 1.45. The maximum absolute atomic E-state index is 14.7. The van der Waals surface area contributed by atoms with Gasteiger partial charge in [-0.15, -0.1) is 5.10 Å². The van der Waals surface area contributed by atoms with Gasteiger partial charge in [0.05, 0.1) is 12.5 Å². The molecule has 37 heavy (non-hydrogen) atoms. The summed E-state index contributed by atoms with van der Waals surface area (Å²) in [6, 6.07) is 13.6. The van der Waals surface area contributed by atoms with E-state index < -0.39 is 29.1 Å². The van der Waals surface area contributed by atoms with Gasteiger partial charge in [-0.05, 0) is 35.9 Å². The molecule has 0 spiro atoms. The number of rotatable bonds is 9. The normalized spacial score (nSPS) is 11.6. The molecule has 0 aliphatic heterocycles. The number of halogens is 2. The fourth-order valence-electron chi connectivity index (χ4n) is 3.29. The molecule has 190 valence electrons. The summed E-state index contributed by atoms with van der Waals surface area (Å²) in [4.78, 5) is 41.2. The Morgan fingerprint density at radius 3 is 2.57 bits per heavy atom. The molecular weight excluding hydrogens is 507 g/mol. The van der Waals surface area contributed by atoms with Crippen LogP contribution >= 0.6 is 11.6 Å². The van der Waals surface area contributed by atoms with Gasteiger partial charge >= 0.3 is 17.3 Å². The maximum Gasteiger partial charge on any atom is 0.354 e. The maximum atomic E-state index is 14.7. The van der Waals surface area contributed by atoms with Crippen molar-refractivity contribution in [2.24, 2.45) is 5.92 Å². The Morgan fingerprint density at radius 1 is 1.16 bits per heavy atom. The lowest BCUT2D eigenvalue weighted by molar-refractivity contribution is -0.141. The van der Waals surface area contributed by atoms with Gasteiger partial charge in [-0.25, -0.2) is 18.5 Å². The summed E-state index contributed by atoms with van der Waals surface area (Å²) < 4.78 is 22.0. The topological polar surface area (TPSA) is 141 Å². The van der Waals surface area contributed by atoms with E-state index >= 15 is 0 Å². The van der Waals surface area contributed by atoms with Crippen LogP contribution in [-0.2, 0) is 17.9 Å². The van der Waals surface area contributed by atoms with Gasteiger partial charge < -0.3 is 15.2 Å². The van der Waals surface area contributed by atoms with Crippen molar-refractivity contribution in [2.75, 3.05) is 5.32 Å². The van der Waals surface area contributed by atoms with E-state index in [1.165, 1.54) is 31.3 Å². The van der Waals surface area contributed by atoms with Crippen LogP contribution < -0.4 is 21.4 Å². The molecule has 0 saturated heterocycles. The zero-order valence-corrected chi connectivity index (χ0v) is 20.1. The number of ether oxygens (including phenoxy) is 1. The molecule has 0 radical (unpaired) electrons. The first-order chi connectivity index (χ1) is 17.7. The number of anilines is 2. The number of carboxylic acids is 1. The van der Waals surface area contributed by atoms with Gasteiger partial charge in [-0.2, -0.15) is 10.1 Å². The van der Waals surface area contributed by atoms with Crippen LogP contribution in [0.2, 0.25) is 5.02 Å². The number of aliphatic carboxylic acids is 1. The lowest BCUT2D eigenvalue weighted by atomic mass is 10.2. The Kier molecular flexibility index (Phi) is 7.58. The Hall–Kier alpha value is -4.58. The van der Waals surface area contributed by atoms with E-state index in [-0.39, 0.29) is 36.4 Å². The van der Waals surface area contributed by atoms with Crippen LogP contribution in [0.3, 0.4) is 0 Å². The summed E-state index contributed by atoms with van der Waals surface area (Å²) in [7, 11) is 0. The van der Waals surface area contributed by atoms with Crippen LogP contribution in [0.25, 0.3) is 0 Å². The first-order valence-corrected chi connectivity index (χ1v) is 11.3. The van der Waals surface area contributed by atoms with Crippen LogP contribution in [0.15, 0.2) is 70.4 Å². The Balaban J connectivity index is 1.70. The second-order valence-corrected chi connectivity index (χ2v) is 8.43. The first-order valence-electron chi connectivity index (χ1n) is 10.9. The molecule has 1 atom stereocenters. The molecule has 4 aromatic rings. The molecule has 11 nitrogen and oxygen atoms in total. The first kappa shape index (κ1) is 25.5. The zero-order valence-electron chi connectivity index (χ0n) is 19.3. The number of aromatic nitrogens is 5. The van der Waals surface area contributed by atoms with Gasteiger partial charge in [0.25, 0.3) is 0 Å². The van der Waals surface area contributed by atoms with Crippen molar-refractivity contribution in [2.45, 2.75) is 20.0 Å². The van der Waals surface area contributed by atoms with Crippen LogP contribution in [0.5, 0.6) is 11.6 Å². The number of hydrogen-bond donors (Lipinski definition) is 2. The van der Waals surface area contributed by atoms with Gasteiger partial charge in [0.2, 0.25) is 11.8 Å². The Labute approximate surface area is 213 Å². The zero-order chi connectivity index (χ0) is 26.5. The van der Waals surface area contributed by atoms with Crippen LogP contribution in [0.4, 0.5) is 16.0 Å². The standard InChI is InChI=1S/C24H20ClFN6O5/c1-14(21(33)34)12-32-23(35)29-22(31(24(32)36)13-15-4-6-16(25)7-5-15)28-17-8-9-19(18(26)11-17)37-20-3-2-10-27-30-20/h2-11,14H,12-13H2,1H3,(H,33,34)(H,28,29,35). The molecule has 0 aliphatic carbocycles. The van der Waals surface area contributed by atoms with Gasteiger partial charge in [0.15, 0.2) is 11.6 Å². The second-order valence-electron chi connectivity index (χ2n) is 8.00. The predicted molar refractivity (Wildman–Crippen MR) is 132 cm³/mol. The Bertz CT molecular complexity index is 1540. The Morgan fingerprint density at radius 2 is 1.92 bits per heavy atom. The third-order valence-corrected chi connectivity index (χ3v) is 5.48. The van der Waals surface area contributed by atoms with Gasteiger partial charge in [-0.3, -0.25) is 9.36 Å². The minimum absolute atomic E-state index is 0.0244. The van der Waals surface area contributed by atoms with Gasteiger partial charge in [0, 0.05) is 35.6 Å². The fraction of sp³-hybridized carbons (Fsp3) is 0.167. The SMILES string of the molecule is CC(Cn1c(=O)nc(Nc2ccc(Oc3cccnn3)c(F)c2)n(Cc2ccc(Cl)cc2)c1=O)C(=O)O. The van der Waals surface area contributed by atoms with Crippen molar-refractivity contribution >= 4 is 29.2 Å². The third kappa shape index (κ3) is 6.16. The van der Waals surface area contributed by atoms with Crippen LogP contribution in [0, 0.1) is 11.7 Å². The minimum atomic E-state index is -1.17. The highest BCUT2D eigenvalue weighted by molar-refractivity contribution is 6.30. The molecule has 0 saturated carbocycles. The molecule has 4 rings (SSSR count). The molecule has 0 fully saturated rings. The van der Waals surface area contributed by atoms with E-state index in [1.54, 1.807) is 30.3 Å². The highest BCUT2D eigenvalue weighted by Crippen LogP contribution is 2.26. The molecule has 0 bridgehead atoms. The molecule has 0 amide bonds. The quantitative estimate of drug-likeness (QED) is 0.336. The minimum Gasteiger partial charge on any atom is -0.481 e. The van der Waals surface area contributed by atoms with E-state index in [0.29, 0.717) is 10.6 Å². The van der Waals surface area contributed by atoms with Crippen molar-refractivity contribution < 1.29 is 19.0 Å². The average molecular weight is 527 g/mol. The molecule has 2 heterocycles. The number of carboxylic acid groups (broad SMARTS) is 1. The van der Waals surface area contributed by atoms with Gasteiger partial charge in [-0.1, -0.05) is 30.7 Å². The number of nitrogens with zero attached hydrogens (tertiary/aromatic N) is 5. The van der Waals surface area contributed by atoms with E-state index in [9.17, 15) is 23.9 Å². The summed E-state index contributed by atoms with van der Waals surface area (Å²) in [5.74, 6) is -3.10. The number of benzene rings is 2. The number of hydrogen-bond acceptors (Lipinski definition) is 8. The smallest absolute Gasteiger partial charge is 0.354 e. The summed E-state index contributed by atoms with van der Waals surface area (Å²) in [6.45, 7) is 0.977. The summed E-state index contributed by atoms with van der Waals surface area (Å²) >= 11 is 5.95. The fourth-order valence-corrected chi connectivity index (χ4v) is 3.42. The monoisotopic (exact) mass is 526 g/mol. The van der Waals surface area contributed by atoms with E-state index in [4.69, 9.17) is 16.3 Å².